The Labute approximate surface area is 232 Å². The highest BCUT2D eigenvalue weighted by Gasteiger charge is 2.09. The molecule has 15 heteroatoms. The van der Waals surface area contributed by atoms with E-state index < -0.39 is 32.2 Å². The number of aromatic amines is 1. The second-order valence-corrected chi connectivity index (χ2v) is 10.6. The molecule has 0 saturated heterocycles. The predicted molar refractivity (Wildman–Crippen MR) is 144 cm³/mol. The number of pyridine rings is 1. The Balaban J connectivity index is 0.000000541. The molecule has 5 N–H and O–H groups in total. The number of anilines is 2. The zero-order valence-corrected chi connectivity index (χ0v) is 24.0. The van der Waals surface area contributed by atoms with Gasteiger partial charge in [-0.25, -0.2) is 13.4 Å². The Morgan fingerprint density at radius 2 is 1.35 bits per heavy atom. The van der Waals surface area contributed by atoms with E-state index in [9.17, 15) is 35.8 Å². The van der Waals surface area contributed by atoms with Gasteiger partial charge in [-0.2, -0.15) is 8.42 Å². The van der Waals surface area contributed by atoms with Gasteiger partial charge < -0.3 is 20.3 Å². The lowest BCUT2D eigenvalue weighted by Crippen LogP contribution is -2.08. The van der Waals surface area contributed by atoms with Crippen LogP contribution in [-0.2, 0) is 39.4 Å². The van der Waals surface area contributed by atoms with Gasteiger partial charge >= 0.3 is 11.9 Å². The third-order valence-electron chi connectivity index (χ3n) is 4.23. The van der Waals surface area contributed by atoms with E-state index in [4.69, 9.17) is 10.3 Å². The number of benzene rings is 2. The SMILES string of the molecule is CC(=O)Nc1ccc(S(=O)(=O)[O-])cc1C.CC(=O)OC(C)=O.Cc1cc(S(=O)(=O)O)ccc1N.c1cc[nH+]cc1. The van der Waals surface area contributed by atoms with E-state index in [0.29, 0.717) is 22.5 Å². The number of esters is 2. The number of hydrogen-bond acceptors (Lipinski definition) is 10. The highest BCUT2D eigenvalue weighted by Crippen LogP contribution is 2.19. The molecular formula is C25H31N3O10S2. The molecule has 0 bridgehead atoms. The summed E-state index contributed by atoms with van der Waals surface area (Å²) in [6.07, 6.45) is 3.75. The number of nitrogen functional groups attached to an aromatic ring is 1. The van der Waals surface area contributed by atoms with E-state index in [-0.39, 0.29) is 15.7 Å². The second kappa shape index (κ2) is 16.7. The number of aromatic nitrogens is 1. The first-order valence-electron chi connectivity index (χ1n) is 11.1. The van der Waals surface area contributed by atoms with Crippen LogP contribution in [0.1, 0.15) is 31.9 Å². The Kier molecular flexibility index (Phi) is 15.0. The molecular weight excluding hydrogens is 566 g/mol. The molecule has 0 radical (unpaired) electrons. The molecule has 0 aliphatic carbocycles. The molecule has 0 fully saturated rings. The first-order chi connectivity index (χ1) is 18.3. The van der Waals surface area contributed by atoms with Gasteiger partial charge in [0.1, 0.15) is 10.1 Å². The average molecular weight is 598 g/mol. The molecule has 218 valence electrons. The van der Waals surface area contributed by atoms with Crippen molar-refractivity contribution in [3.05, 3.63) is 78.1 Å². The van der Waals surface area contributed by atoms with Crippen LogP contribution in [0.25, 0.3) is 0 Å². The van der Waals surface area contributed by atoms with Crippen LogP contribution in [0, 0.1) is 13.8 Å². The number of H-pyrrole nitrogens is 1. The number of hydrogen-bond donors (Lipinski definition) is 3. The summed E-state index contributed by atoms with van der Waals surface area (Å²) in [5.41, 5.74) is 7.61. The number of ether oxygens (including phenoxy) is 1. The molecule has 0 aliphatic rings. The van der Waals surface area contributed by atoms with Crippen LogP contribution in [0.5, 0.6) is 0 Å². The minimum absolute atomic E-state index is 0.130. The molecule has 13 nitrogen and oxygen atoms in total. The summed E-state index contributed by atoms with van der Waals surface area (Å²) < 4.78 is 65.9. The summed E-state index contributed by atoms with van der Waals surface area (Å²) in [7, 11) is -8.53. The molecule has 0 spiro atoms. The van der Waals surface area contributed by atoms with Crippen LogP contribution in [0.4, 0.5) is 11.4 Å². The van der Waals surface area contributed by atoms with Crippen LogP contribution in [0.15, 0.2) is 76.8 Å². The van der Waals surface area contributed by atoms with Gasteiger partial charge in [0.2, 0.25) is 5.91 Å². The molecule has 2 aromatic carbocycles. The number of nitrogens with one attached hydrogen (secondary N) is 2. The van der Waals surface area contributed by atoms with Gasteiger partial charge in [0.05, 0.1) is 9.79 Å². The molecule has 1 heterocycles. The van der Waals surface area contributed by atoms with Gasteiger partial charge in [0, 0.05) is 44.3 Å². The van der Waals surface area contributed by atoms with Crippen molar-refractivity contribution in [2.45, 2.75) is 44.4 Å². The number of rotatable bonds is 3. The fraction of sp³-hybridized carbons (Fsp3) is 0.200. The number of carbonyl (C=O) groups excluding carboxylic acids is 3. The Morgan fingerprint density at radius 3 is 1.65 bits per heavy atom. The minimum Gasteiger partial charge on any atom is -0.744 e. The molecule has 0 saturated carbocycles. The van der Waals surface area contributed by atoms with E-state index in [1.54, 1.807) is 13.8 Å². The average Bonchev–Trinajstić information content (AvgIpc) is 2.82. The van der Waals surface area contributed by atoms with Crippen molar-refractivity contribution in [2.75, 3.05) is 11.1 Å². The van der Waals surface area contributed by atoms with Crippen molar-refractivity contribution in [1.82, 2.24) is 0 Å². The monoisotopic (exact) mass is 597 g/mol. The number of nitrogens with two attached hydrogens (primary N) is 1. The number of amides is 1. The van der Waals surface area contributed by atoms with Crippen LogP contribution < -0.4 is 16.0 Å². The van der Waals surface area contributed by atoms with E-state index in [1.165, 1.54) is 57.2 Å². The first-order valence-corrected chi connectivity index (χ1v) is 14.0. The maximum Gasteiger partial charge on any atom is 0.310 e. The Morgan fingerprint density at radius 1 is 0.850 bits per heavy atom. The molecule has 3 aromatic rings. The van der Waals surface area contributed by atoms with Crippen LogP contribution >= 0.6 is 0 Å². The second-order valence-electron chi connectivity index (χ2n) is 7.77. The molecule has 1 amide bonds. The van der Waals surface area contributed by atoms with Crippen LogP contribution in [-0.4, -0.2) is 43.8 Å². The molecule has 3 rings (SSSR count). The molecule has 0 atom stereocenters. The third-order valence-corrected chi connectivity index (χ3v) is 5.91. The summed E-state index contributed by atoms with van der Waals surface area (Å²) in [6.45, 7) is 6.99. The van der Waals surface area contributed by atoms with Gasteiger partial charge in [-0.15, -0.1) is 0 Å². The zero-order valence-electron chi connectivity index (χ0n) is 22.4. The fourth-order valence-corrected chi connectivity index (χ4v) is 3.60. The summed E-state index contributed by atoms with van der Waals surface area (Å²) in [4.78, 5) is 32.8. The van der Waals surface area contributed by atoms with E-state index in [2.05, 4.69) is 15.0 Å². The van der Waals surface area contributed by atoms with Crippen molar-refractivity contribution in [2.24, 2.45) is 0 Å². The Hall–Kier alpha value is -4.18. The lowest BCUT2D eigenvalue weighted by molar-refractivity contribution is -0.378. The Bertz CT molecular complexity index is 1470. The van der Waals surface area contributed by atoms with E-state index in [1.807, 2.05) is 30.6 Å². The molecule has 0 unspecified atom stereocenters. The summed E-state index contributed by atoms with van der Waals surface area (Å²) >= 11 is 0. The quantitative estimate of drug-likeness (QED) is 0.172. The van der Waals surface area contributed by atoms with Gasteiger partial charge in [-0.3, -0.25) is 18.9 Å². The maximum atomic E-state index is 10.8. The van der Waals surface area contributed by atoms with Crippen molar-refractivity contribution in [1.29, 1.82) is 0 Å². The largest absolute Gasteiger partial charge is 0.744 e. The summed E-state index contributed by atoms with van der Waals surface area (Å²) in [6, 6.07) is 13.7. The molecule has 1 aromatic heterocycles. The van der Waals surface area contributed by atoms with Gasteiger partial charge in [-0.05, 0) is 61.4 Å². The normalized spacial score (nSPS) is 10.2. The summed E-state index contributed by atoms with van der Waals surface area (Å²) in [5, 5.41) is 2.52. The van der Waals surface area contributed by atoms with Gasteiger partial charge in [-0.1, -0.05) is 6.07 Å². The molecule has 40 heavy (non-hydrogen) atoms. The van der Waals surface area contributed by atoms with Crippen molar-refractivity contribution >= 4 is 49.5 Å². The third kappa shape index (κ3) is 15.9. The van der Waals surface area contributed by atoms with Crippen molar-refractivity contribution < 1.29 is 50.0 Å². The fourth-order valence-electron chi connectivity index (χ4n) is 2.47. The lowest BCUT2D eigenvalue weighted by Gasteiger charge is -2.11. The van der Waals surface area contributed by atoms with Crippen LogP contribution in [0.2, 0.25) is 0 Å². The first kappa shape index (κ1) is 35.8. The van der Waals surface area contributed by atoms with Crippen molar-refractivity contribution in [3.8, 4) is 0 Å². The zero-order chi connectivity index (χ0) is 31.1. The molecule has 0 aliphatic heterocycles. The minimum atomic E-state index is -4.43. The van der Waals surface area contributed by atoms with Crippen molar-refractivity contribution in [3.63, 3.8) is 0 Å². The van der Waals surface area contributed by atoms with Crippen LogP contribution in [0.3, 0.4) is 0 Å². The smallest absolute Gasteiger partial charge is 0.310 e. The highest BCUT2D eigenvalue weighted by atomic mass is 32.2. The maximum absolute atomic E-state index is 10.8. The van der Waals surface area contributed by atoms with Gasteiger partial charge in [0.25, 0.3) is 10.1 Å². The highest BCUT2D eigenvalue weighted by molar-refractivity contribution is 7.86. The topological polar surface area (TPSA) is 224 Å². The van der Waals surface area contributed by atoms with E-state index >= 15 is 0 Å². The predicted octanol–water partition coefficient (Wildman–Crippen LogP) is 2.28. The number of aryl methyl sites for hydroxylation is 2. The van der Waals surface area contributed by atoms with E-state index in [0.717, 1.165) is 0 Å². The standard InChI is InChI=1S/C9H11NO4S.C7H9NO3S.C5H5N.C4H6O3/c1-6-5-8(15(12,13)14)3-4-9(6)10-7(2)11;1-5-4-6(12(9,10)11)2-3-7(5)8;1-2-4-6-5-3-1;1-3(5)7-4(2)6/h3-5H,1-2H3,(H,10,11)(H,12,13,14);2-4H,8H2,1H3,(H,9,10,11);1-5H;1-2H3. The van der Waals surface area contributed by atoms with Gasteiger partial charge in [0.15, 0.2) is 12.4 Å². The lowest BCUT2D eigenvalue weighted by atomic mass is 10.2. The summed E-state index contributed by atoms with van der Waals surface area (Å²) in [5.74, 6) is -1.38. The number of carbonyl (C=O) groups is 3.